The van der Waals surface area contributed by atoms with E-state index in [0.29, 0.717) is 0 Å². The van der Waals surface area contributed by atoms with Gasteiger partial charge in [0.2, 0.25) is 10.0 Å². The van der Waals surface area contributed by atoms with Gasteiger partial charge in [-0.25, -0.2) is 13.1 Å². The highest BCUT2D eigenvalue weighted by Crippen LogP contribution is 2.14. The Bertz CT molecular complexity index is 542. The molecule has 0 fully saturated rings. The summed E-state index contributed by atoms with van der Waals surface area (Å²) in [6.07, 6.45) is 1.04. The van der Waals surface area contributed by atoms with E-state index in [1.807, 2.05) is 26.8 Å². The molecule has 0 spiro atoms. The van der Waals surface area contributed by atoms with E-state index in [0.717, 1.165) is 12.0 Å². The summed E-state index contributed by atoms with van der Waals surface area (Å²) in [6.45, 7) is 5.95. The smallest absolute Gasteiger partial charge is 0.208 e. The minimum Gasteiger partial charge on any atom is -0.208 e. The molecule has 19 heavy (non-hydrogen) atoms. The minimum atomic E-state index is -3.48. The lowest BCUT2D eigenvalue weighted by Gasteiger charge is -2.20. The van der Waals surface area contributed by atoms with Crippen molar-refractivity contribution in [2.24, 2.45) is 5.92 Å². The molecule has 0 aliphatic heterocycles. The third-order valence-corrected chi connectivity index (χ3v) is 4.57. The van der Waals surface area contributed by atoms with Gasteiger partial charge in [0, 0.05) is 6.04 Å². The quantitative estimate of drug-likeness (QED) is 0.870. The number of nitriles is 1. The van der Waals surface area contributed by atoms with Crippen molar-refractivity contribution in [1.82, 2.24) is 4.72 Å². The summed E-state index contributed by atoms with van der Waals surface area (Å²) in [6, 6.07) is 8.40. The third kappa shape index (κ3) is 4.34. The van der Waals surface area contributed by atoms with Gasteiger partial charge in [0.05, 0.1) is 17.4 Å². The van der Waals surface area contributed by atoms with Crippen LogP contribution in [0.5, 0.6) is 0 Å². The standard InChI is InChI=1S/C14H20N2O2S/c1-4-14(11(2)3)16-19(17,18)13-7-5-12(6-8-13)9-10-15/h5-8,11,14,16H,4,9H2,1-3H3. The molecule has 1 aromatic carbocycles. The maximum atomic E-state index is 12.2. The fourth-order valence-electron chi connectivity index (χ4n) is 1.84. The van der Waals surface area contributed by atoms with E-state index in [9.17, 15) is 8.42 Å². The minimum absolute atomic E-state index is 0.0659. The Morgan fingerprint density at radius 2 is 1.84 bits per heavy atom. The van der Waals surface area contributed by atoms with E-state index in [4.69, 9.17) is 5.26 Å². The van der Waals surface area contributed by atoms with Crippen molar-refractivity contribution >= 4 is 10.0 Å². The molecule has 1 atom stereocenters. The summed E-state index contributed by atoms with van der Waals surface area (Å²) in [7, 11) is -3.48. The van der Waals surface area contributed by atoms with Gasteiger partial charge in [0.25, 0.3) is 0 Å². The molecule has 1 unspecified atom stereocenters. The Labute approximate surface area is 115 Å². The highest BCUT2D eigenvalue weighted by Gasteiger charge is 2.20. The van der Waals surface area contributed by atoms with E-state index < -0.39 is 10.0 Å². The molecule has 1 rings (SSSR count). The molecule has 1 aromatic rings. The number of hydrogen-bond donors (Lipinski definition) is 1. The van der Waals surface area contributed by atoms with Gasteiger partial charge in [0.15, 0.2) is 0 Å². The summed E-state index contributed by atoms with van der Waals surface area (Å²) in [5, 5.41) is 8.58. The van der Waals surface area contributed by atoms with Gasteiger partial charge in [0.1, 0.15) is 0 Å². The van der Waals surface area contributed by atoms with Gasteiger partial charge in [-0.1, -0.05) is 32.9 Å². The summed E-state index contributed by atoms with van der Waals surface area (Å²) >= 11 is 0. The lowest BCUT2D eigenvalue weighted by atomic mass is 10.0. The number of nitrogens with one attached hydrogen (secondary N) is 1. The van der Waals surface area contributed by atoms with Crippen LogP contribution in [0.15, 0.2) is 29.2 Å². The van der Waals surface area contributed by atoms with Crippen molar-refractivity contribution in [2.75, 3.05) is 0 Å². The van der Waals surface area contributed by atoms with Crippen molar-refractivity contribution in [2.45, 2.75) is 44.6 Å². The Kier molecular flexibility index (Phi) is 5.52. The van der Waals surface area contributed by atoms with Gasteiger partial charge >= 0.3 is 0 Å². The van der Waals surface area contributed by atoms with Gasteiger partial charge in [-0.3, -0.25) is 0 Å². The molecule has 5 heteroatoms. The maximum Gasteiger partial charge on any atom is 0.240 e. The van der Waals surface area contributed by atoms with Crippen LogP contribution in [0.1, 0.15) is 32.8 Å². The molecule has 0 heterocycles. The number of rotatable bonds is 6. The topological polar surface area (TPSA) is 70.0 Å². The van der Waals surface area contributed by atoms with Crippen LogP contribution in [0.2, 0.25) is 0 Å². The average molecular weight is 280 g/mol. The number of nitrogens with zero attached hydrogens (tertiary/aromatic N) is 1. The van der Waals surface area contributed by atoms with E-state index >= 15 is 0 Å². The molecule has 0 saturated carbocycles. The van der Waals surface area contributed by atoms with E-state index in [-0.39, 0.29) is 23.3 Å². The first kappa shape index (κ1) is 15.7. The van der Waals surface area contributed by atoms with Crippen LogP contribution in [0.3, 0.4) is 0 Å². The van der Waals surface area contributed by atoms with Crippen LogP contribution in [-0.4, -0.2) is 14.5 Å². The van der Waals surface area contributed by atoms with Gasteiger partial charge in [-0.15, -0.1) is 0 Å². The molecule has 0 bridgehead atoms. The predicted molar refractivity (Wildman–Crippen MR) is 75.0 cm³/mol. The molecule has 4 nitrogen and oxygen atoms in total. The lowest BCUT2D eigenvalue weighted by molar-refractivity contribution is 0.437. The number of sulfonamides is 1. The number of hydrogen-bond acceptors (Lipinski definition) is 3. The van der Waals surface area contributed by atoms with Gasteiger partial charge in [-0.2, -0.15) is 5.26 Å². The van der Waals surface area contributed by atoms with E-state index in [1.54, 1.807) is 24.3 Å². The first-order chi connectivity index (χ1) is 8.90. The van der Waals surface area contributed by atoms with Gasteiger partial charge < -0.3 is 0 Å². The SMILES string of the molecule is CCC(NS(=O)(=O)c1ccc(CC#N)cc1)C(C)C. The van der Waals surface area contributed by atoms with Crippen LogP contribution in [0.4, 0.5) is 0 Å². The zero-order valence-corrected chi connectivity index (χ0v) is 12.4. The second-order valence-corrected chi connectivity index (χ2v) is 6.57. The molecule has 0 amide bonds. The molecule has 0 aliphatic rings. The monoisotopic (exact) mass is 280 g/mol. The Morgan fingerprint density at radius 1 is 1.26 bits per heavy atom. The fourth-order valence-corrected chi connectivity index (χ4v) is 3.30. The zero-order valence-electron chi connectivity index (χ0n) is 11.6. The summed E-state index contributed by atoms with van der Waals surface area (Å²) in [4.78, 5) is 0.244. The molecular weight excluding hydrogens is 260 g/mol. The highest BCUT2D eigenvalue weighted by molar-refractivity contribution is 7.89. The molecule has 0 aliphatic carbocycles. The molecule has 0 saturated heterocycles. The number of benzene rings is 1. The van der Waals surface area contributed by atoms with Crippen molar-refractivity contribution in [3.05, 3.63) is 29.8 Å². The van der Waals surface area contributed by atoms with Crippen LogP contribution in [0, 0.1) is 17.2 Å². The molecular formula is C14H20N2O2S. The second kappa shape index (κ2) is 6.69. The summed E-state index contributed by atoms with van der Waals surface area (Å²) < 4.78 is 27.1. The van der Waals surface area contributed by atoms with E-state index in [2.05, 4.69) is 4.72 Å². The second-order valence-electron chi connectivity index (χ2n) is 4.86. The average Bonchev–Trinajstić information content (AvgIpc) is 2.37. The third-order valence-electron chi connectivity index (χ3n) is 3.07. The zero-order chi connectivity index (χ0) is 14.5. The molecule has 1 N–H and O–H groups in total. The lowest BCUT2D eigenvalue weighted by Crippen LogP contribution is -2.37. The van der Waals surface area contributed by atoms with E-state index in [1.165, 1.54) is 0 Å². The largest absolute Gasteiger partial charge is 0.240 e. The Hall–Kier alpha value is -1.38. The Morgan fingerprint density at radius 3 is 2.26 bits per heavy atom. The highest BCUT2D eigenvalue weighted by atomic mass is 32.2. The fraction of sp³-hybridized carbons (Fsp3) is 0.500. The Balaban J connectivity index is 2.91. The first-order valence-corrected chi connectivity index (χ1v) is 7.87. The van der Waals surface area contributed by atoms with Gasteiger partial charge in [-0.05, 0) is 30.0 Å². The maximum absolute atomic E-state index is 12.2. The molecule has 104 valence electrons. The van der Waals surface area contributed by atoms with Crippen LogP contribution in [0.25, 0.3) is 0 Å². The summed E-state index contributed by atoms with van der Waals surface area (Å²) in [5.74, 6) is 0.248. The first-order valence-electron chi connectivity index (χ1n) is 6.39. The van der Waals surface area contributed by atoms with Crippen molar-refractivity contribution in [1.29, 1.82) is 5.26 Å². The molecule has 0 radical (unpaired) electrons. The predicted octanol–water partition coefficient (Wildman–Crippen LogP) is 2.47. The van der Waals surface area contributed by atoms with Crippen molar-refractivity contribution in [3.8, 4) is 6.07 Å². The molecule has 0 aromatic heterocycles. The normalized spacial score (nSPS) is 13.2. The van der Waals surface area contributed by atoms with Crippen molar-refractivity contribution in [3.63, 3.8) is 0 Å². The van der Waals surface area contributed by atoms with Crippen LogP contribution >= 0.6 is 0 Å². The summed E-state index contributed by atoms with van der Waals surface area (Å²) in [5.41, 5.74) is 0.817. The van der Waals surface area contributed by atoms with Crippen LogP contribution < -0.4 is 4.72 Å². The van der Waals surface area contributed by atoms with Crippen molar-refractivity contribution < 1.29 is 8.42 Å². The van der Waals surface area contributed by atoms with Crippen LogP contribution in [-0.2, 0) is 16.4 Å².